The topological polar surface area (TPSA) is 175 Å². The number of ether oxygens (including phenoxy) is 3. The van der Waals surface area contributed by atoms with E-state index in [1.54, 1.807) is 5.38 Å². The summed E-state index contributed by atoms with van der Waals surface area (Å²) in [5.41, 5.74) is 3.84. The molecule has 0 aliphatic carbocycles. The molecule has 14 nitrogen and oxygen atoms in total. The predicted octanol–water partition coefficient (Wildman–Crippen LogP) is 9.25. The molecule has 2 amide bonds. The molecule has 374 valence electrons. The number of β-lactam (4-membered cyclic amide) rings is 1. The van der Waals surface area contributed by atoms with Crippen molar-refractivity contribution >= 4 is 75.4 Å². The van der Waals surface area contributed by atoms with Crippen LogP contribution in [0.2, 0.25) is 0 Å². The Bertz CT molecular complexity index is 2990. The van der Waals surface area contributed by atoms with Gasteiger partial charge < -0.3 is 29.7 Å². The number of carbonyl (C=O) groups excluding carboxylic acids is 5. The van der Waals surface area contributed by atoms with Gasteiger partial charge in [-0.05, 0) is 33.4 Å². The molecule has 9 rings (SSSR count). The van der Waals surface area contributed by atoms with E-state index in [1.165, 1.54) is 46.9 Å². The number of anilines is 1. The van der Waals surface area contributed by atoms with Gasteiger partial charge in [-0.3, -0.25) is 19.3 Å². The van der Waals surface area contributed by atoms with Gasteiger partial charge in [-0.1, -0.05) is 187 Å². The molecule has 0 bridgehead atoms. The standard InChI is InChI=1S/C57H49N5O9S3/c1-68-46(63)32-33-72-45-37-73-54-49(53(66)62(54)50(45)55(67)71-51(39-22-10-3-11-23-39)40-24-12-4-13-25-40)59-52(65)48(61-70-35-47(64)69-34-38-20-8-2-9-21-38)44-36-74-56(58-44)60-57(41-26-14-5-15-27-41,42-28-16-6-17-29-42)43-30-18-7-19-31-43/h2-31,36,49,51,54H,32-35,37H2,1H3,(H,58,60)(H,59,65)/b61-48-/t49-,54-/m1/s1. The summed E-state index contributed by atoms with van der Waals surface area (Å²) in [7, 11) is 1.30. The van der Waals surface area contributed by atoms with Crippen molar-refractivity contribution in [3.05, 3.63) is 237 Å². The molecule has 0 spiro atoms. The summed E-state index contributed by atoms with van der Waals surface area (Å²) in [4.78, 5) is 81.1. The third-order valence-electron chi connectivity index (χ3n) is 12.1. The summed E-state index contributed by atoms with van der Waals surface area (Å²) in [5, 5.41) is 12.0. The fourth-order valence-electron chi connectivity index (χ4n) is 8.52. The predicted molar refractivity (Wildman–Crippen MR) is 286 cm³/mol. The van der Waals surface area contributed by atoms with Gasteiger partial charge in [0.25, 0.3) is 11.8 Å². The monoisotopic (exact) mass is 1040 g/mol. The van der Waals surface area contributed by atoms with Crippen LogP contribution in [-0.4, -0.2) is 82.0 Å². The molecule has 6 aromatic carbocycles. The van der Waals surface area contributed by atoms with Crippen LogP contribution in [0.5, 0.6) is 0 Å². The molecule has 2 aliphatic heterocycles. The van der Waals surface area contributed by atoms with Gasteiger partial charge in [0, 0.05) is 21.8 Å². The van der Waals surface area contributed by atoms with Crippen molar-refractivity contribution in [3.8, 4) is 0 Å². The number of fused-ring (bicyclic) bond motifs is 1. The smallest absolute Gasteiger partial charge is 0.356 e. The lowest BCUT2D eigenvalue weighted by molar-refractivity contribution is -0.154. The molecule has 0 radical (unpaired) electrons. The van der Waals surface area contributed by atoms with Crippen molar-refractivity contribution in [2.75, 3.05) is 30.5 Å². The number of carbonyl (C=O) groups is 5. The second-order valence-corrected chi connectivity index (χ2v) is 19.9. The molecular formula is C57H49N5O9S3. The van der Waals surface area contributed by atoms with E-state index >= 15 is 0 Å². The molecule has 74 heavy (non-hydrogen) atoms. The SMILES string of the molecule is COC(=O)CCSC1=C(C(=O)OC(c2ccccc2)c2ccccc2)N2C(=O)[C@@H](NC(=O)/C(=N\OCC(=O)OCc3ccccc3)c3csc(NC(c4ccccc4)(c4ccccc4)c4ccccc4)n3)[C@H]2SC1. The summed E-state index contributed by atoms with van der Waals surface area (Å²) in [6.45, 7) is -0.632. The van der Waals surface area contributed by atoms with E-state index in [2.05, 4.69) is 15.8 Å². The quantitative estimate of drug-likeness (QED) is 0.0174. The minimum atomic E-state index is -1.13. The van der Waals surface area contributed by atoms with Gasteiger partial charge in [0.2, 0.25) is 6.61 Å². The first kappa shape index (κ1) is 50.9. The Labute approximate surface area is 440 Å². The van der Waals surface area contributed by atoms with E-state index in [0.717, 1.165) is 33.4 Å². The second kappa shape index (κ2) is 24.2. The van der Waals surface area contributed by atoms with Crippen molar-refractivity contribution in [2.45, 2.75) is 36.1 Å². The van der Waals surface area contributed by atoms with Crippen LogP contribution < -0.4 is 10.6 Å². The van der Waals surface area contributed by atoms with Crippen molar-refractivity contribution in [1.29, 1.82) is 0 Å². The second-order valence-electron chi connectivity index (χ2n) is 16.8. The minimum absolute atomic E-state index is 0.00118. The molecule has 2 aliphatic rings. The van der Waals surface area contributed by atoms with Crippen molar-refractivity contribution < 1.29 is 43.0 Å². The number of esters is 3. The first-order chi connectivity index (χ1) is 36.2. The number of nitrogens with one attached hydrogen (secondary N) is 2. The fraction of sp³-hybridized carbons (Fsp3) is 0.175. The maximum Gasteiger partial charge on any atom is 0.356 e. The summed E-state index contributed by atoms with van der Waals surface area (Å²) >= 11 is 3.83. The van der Waals surface area contributed by atoms with Crippen LogP contribution in [0.25, 0.3) is 0 Å². The summed E-state index contributed by atoms with van der Waals surface area (Å²) in [6, 6.07) is 56.4. The normalized spacial score (nSPS) is 15.4. The largest absolute Gasteiger partial charge is 0.469 e. The number of thioether (sulfide) groups is 2. The van der Waals surface area contributed by atoms with Crippen molar-refractivity contribution in [1.82, 2.24) is 15.2 Å². The molecule has 2 atom stereocenters. The number of aromatic nitrogens is 1. The lowest BCUT2D eigenvalue weighted by Gasteiger charge is -2.49. The Morgan fingerprint density at radius 3 is 1.85 bits per heavy atom. The van der Waals surface area contributed by atoms with Crippen molar-refractivity contribution in [2.24, 2.45) is 5.16 Å². The number of oxime groups is 1. The zero-order chi connectivity index (χ0) is 51.3. The Balaban J connectivity index is 1.01. The molecule has 1 saturated heterocycles. The molecule has 0 unspecified atom stereocenters. The molecule has 17 heteroatoms. The van der Waals surface area contributed by atoms with Crippen LogP contribution >= 0.6 is 34.9 Å². The van der Waals surface area contributed by atoms with Crippen LogP contribution in [0, 0.1) is 0 Å². The number of rotatable bonds is 21. The Morgan fingerprint density at radius 1 is 0.757 bits per heavy atom. The van der Waals surface area contributed by atoms with Gasteiger partial charge in [-0.2, -0.15) is 0 Å². The zero-order valence-corrected chi connectivity index (χ0v) is 42.4. The Morgan fingerprint density at radius 2 is 1.30 bits per heavy atom. The molecule has 1 aromatic heterocycles. The fourth-order valence-corrected chi connectivity index (χ4v) is 11.8. The first-order valence-corrected chi connectivity index (χ1v) is 26.4. The average molecular weight is 1040 g/mol. The van der Waals surface area contributed by atoms with Crippen LogP contribution in [0.15, 0.2) is 203 Å². The van der Waals surface area contributed by atoms with Crippen LogP contribution in [-0.2, 0) is 55.2 Å². The van der Waals surface area contributed by atoms with Gasteiger partial charge in [-0.15, -0.1) is 34.9 Å². The third kappa shape index (κ3) is 11.6. The number of hydrogen-bond acceptors (Lipinski definition) is 15. The summed E-state index contributed by atoms with van der Waals surface area (Å²) < 4.78 is 16.6. The van der Waals surface area contributed by atoms with Gasteiger partial charge in [0.1, 0.15) is 35.0 Å². The maximum atomic E-state index is 14.7. The molecule has 0 saturated carbocycles. The van der Waals surface area contributed by atoms with Gasteiger partial charge in [-0.25, -0.2) is 14.6 Å². The third-order valence-corrected chi connectivity index (χ3v) is 15.4. The zero-order valence-electron chi connectivity index (χ0n) is 39.9. The van der Waals surface area contributed by atoms with E-state index in [4.69, 9.17) is 24.0 Å². The van der Waals surface area contributed by atoms with Gasteiger partial charge in [0.05, 0.1) is 13.5 Å². The molecule has 1 fully saturated rings. The first-order valence-electron chi connectivity index (χ1n) is 23.5. The number of hydrogen-bond donors (Lipinski definition) is 2. The van der Waals surface area contributed by atoms with Crippen molar-refractivity contribution in [3.63, 3.8) is 0 Å². The van der Waals surface area contributed by atoms with E-state index in [0.29, 0.717) is 10.0 Å². The van der Waals surface area contributed by atoms with Gasteiger partial charge in [0.15, 0.2) is 16.9 Å². The highest BCUT2D eigenvalue weighted by atomic mass is 32.2. The van der Waals surface area contributed by atoms with E-state index in [1.807, 2.05) is 182 Å². The van der Waals surface area contributed by atoms with E-state index in [-0.39, 0.29) is 41.6 Å². The van der Waals surface area contributed by atoms with Crippen LogP contribution in [0.4, 0.5) is 5.13 Å². The van der Waals surface area contributed by atoms with Crippen LogP contribution in [0.3, 0.4) is 0 Å². The Kier molecular flexibility index (Phi) is 16.6. The lowest BCUT2D eigenvalue weighted by atomic mass is 9.77. The highest BCUT2D eigenvalue weighted by Gasteiger charge is 2.55. The number of thiazole rings is 1. The molecule has 2 N–H and O–H groups in total. The summed E-state index contributed by atoms with van der Waals surface area (Å²) in [5.74, 6) is -2.75. The highest BCUT2D eigenvalue weighted by molar-refractivity contribution is 8.06. The molecular weight excluding hydrogens is 995 g/mol. The highest BCUT2D eigenvalue weighted by Crippen LogP contribution is 2.45. The summed E-state index contributed by atoms with van der Waals surface area (Å²) in [6.07, 6.45) is -0.748. The molecule has 7 aromatic rings. The minimum Gasteiger partial charge on any atom is -0.469 e. The Hall–Kier alpha value is -7.99. The molecule has 3 heterocycles. The average Bonchev–Trinajstić information content (AvgIpc) is 3.92. The van der Waals surface area contributed by atoms with E-state index in [9.17, 15) is 24.0 Å². The van der Waals surface area contributed by atoms with E-state index < -0.39 is 59.4 Å². The maximum absolute atomic E-state index is 14.7. The number of amides is 2. The van der Waals surface area contributed by atoms with Crippen LogP contribution in [0.1, 0.15) is 51.6 Å². The lowest BCUT2D eigenvalue weighted by Crippen LogP contribution is -2.71. The van der Waals surface area contributed by atoms with Gasteiger partial charge >= 0.3 is 17.9 Å². The number of methoxy groups -OCH3 is 1. The number of benzene rings is 6. The number of nitrogens with zero attached hydrogens (tertiary/aromatic N) is 3.